The lowest BCUT2D eigenvalue weighted by atomic mass is 9.47. The number of fused-ring (bicyclic) bond motifs is 2. The number of amides is 4. The largest absolute Gasteiger partial charge is 0.471 e. The summed E-state index contributed by atoms with van der Waals surface area (Å²) in [5.74, 6) is -3.60. The van der Waals surface area contributed by atoms with Crippen molar-refractivity contribution in [2.24, 2.45) is 40.4 Å². The fourth-order valence-corrected chi connectivity index (χ4v) is 10.3. The third-order valence-corrected chi connectivity index (χ3v) is 12.1. The van der Waals surface area contributed by atoms with Crippen LogP contribution >= 0.6 is 0 Å². The predicted molar refractivity (Wildman–Crippen MR) is 155 cm³/mol. The molecule has 4 amide bonds. The third kappa shape index (κ3) is 4.88. The Morgan fingerprint density at radius 3 is 2.29 bits per heavy atom. The molecular weight excluding hydrogens is 587 g/mol. The molecular formula is C33H38F3N5O4. The Kier molecular flexibility index (Phi) is 6.81. The average Bonchev–Trinajstić information content (AvgIpc) is 3.26. The maximum absolute atomic E-state index is 14.5. The molecule has 6 unspecified atom stereocenters. The van der Waals surface area contributed by atoms with Gasteiger partial charge in [0, 0.05) is 17.6 Å². The highest BCUT2D eigenvalue weighted by Crippen LogP contribution is 2.66. The first-order chi connectivity index (χ1) is 21.2. The molecule has 2 aliphatic heterocycles. The Morgan fingerprint density at radius 1 is 1.07 bits per heavy atom. The second kappa shape index (κ2) is 10.2. The van der Waals surface area contributed by atoms with Gasteiger partial charge in [0.2, 0.25) is 17.7 Å². The van der Waals surface area contributed by atoms with E-state index in [9.17, 15) is 37.6 Å². The number of alkyl halides is 3. The number of halogens is 3. The molecule has 1 aromatic rings. The molecule has 5 aliphatic carbocycles. The summed E-state index contributed by atoms with van der Waals surface area (Å²) in [5, 5.41) is 17.7. The van der Waals surface area contributed by atoms with E-state index in [1.165, 1.54) is 4.90 Å². The Hall–Kier alpha value is -3.62. The molecule has 7 aliphatic rings. The van der Waals surface area contributed by atoms with Crippen molar-refractivity contribution in [3.63, 3.8) is 0 Å². The van der Waals surface area contributed by atoms with Gasteiger partial charge in [0.1, 0.15) is 18.1 Å². The van der Waals surface area contributed by atoms with Gasteiger partial charge in [-0.05, 0) is 91.6 Å². The van der Waals surface area contributed by atoms with Crippen LogP contribution in [0.3, 0.4) is 0 Å². The zero-order chi connectivity index (χ0) is 32.1. The van der Waals surface area contributed by atoms with Crippen molar-refractivity contribution in [3.8, 4) is 6.07 Å². The van der Waals surface area contributed by atoms with Gasteiger partial charge in [-0.3, -0.25) is 19.2 Å². The molecule has 6 fully saturated rings. The van der Waals surface area contributed by atoms with E-state index in [1.807, 2.05) is 13.8 Å². The number of likely N-dealkylation sites (tertiary alicyclic amines) is 1. The number of carbonyl (C=O) groups is 4. The van der Waals surface area contributed by atoms with Gasteiger partial charge in [0.05, 0.1) is 12.0 Å². The van der Waals surface area contributed by atoms with E-state index < -0.39 is 53.4 Å². The SMILES string of the molecule is CC1(C)C2CN(C(=O)C(NC(=O)C(F)(F)F)C34CC5CC(CC(C5)C3)C4)C(C(=O)NC(C#N)CC3C(=O)Nc4ccccc43)C21. The summed E-state index contributed by atoms with van der Waals surface area (Å²) in [7, 11) is 0. The van der Waals surface area contributed by atoms with Crippen LogP contribution in [0.5, 0.6) is 0 Å². The second-order valence-electron chi connectivity index (χ2n) is 15.1. The highest BCUT2D eigenvalue weighted by molar-refractivity contribution is 6.03. The van der Waals surface area contributed by atoms with Crippen LogP contribution in [0.4, 0.5) is 18.9 Å². The van der Waals surface area contributed by atoms with Crippen molar-refractivity contribution >= 4 is 29.3 Å². The zero-order valence-electron chi connectivity index (χ0n) is 25.3. The summed E-state index contributed by atoms with van der Waals surface area (Å²) in [6.07, 6.45) is -0.384. The van der Waals surface area contributed by atoms with Crippen LogP contribution in [0.1, 0.15) is 70.3 Å². The molecule has 8 rings (SSSR count). The molecule has 3 N–H and O–H groups in total. The number of para-hydroxylation sites is 1. The van der Waals surface area contributed by atoms with Crippen LogP contribution in [-0.4, -0.2) is 59.4 Å². The maximum Gasteiger partial charge on any atom is 0.471 e. The van der Waals surface area contributed by atoms with Gasteiger partial charge in [0.15, 0.2) is 0 Å². The summed E-state index contributed by atoms with van der Waals surface area (Å²) in [6, 6.07) is 5.80. The number of benzene rings is 1. The summed E-state index contributed by atoms with van der Waals surface area (Å²) in [6.45, 7) is 4.18. The molecule has 240 valence electrons. The number of nitrogens with one attached hydrogen (secondary N) is 3. The Morgan fingerprint density at radius 2 is 1.69 bits per heavy atom. The van der Waals surface area contributed by atoms with E-state index in [-0.39, 0.29) is 36.1 Å². The van der Waals surface area contributed by atoms with Crippen LogP contribution in [-0.2, 0) is 19.2 Å². The van der Waals surface area contributed by atoms with E-state index >= 15 is 0 Å². The fraction of sp³-hybridized carbons (Fsp3) is 0.667. The summed E-state index contributed by atoms with van der Waals surface area (Å²) < 4.78 is 40.8. The lowest BCUT2D eigenvalue weighted by Crippen LogP contribution is -2.65. The third-order valence-electron chi connectivity index (χ3n) is 12.1. The average molecular weight is 626 g/mol. The highest BCUT2D eigenvalue weighted by atomic mass is 19.4. The van der Waals surface area contributed by atoms with Crippen molar-refractivity contribution in [1.82, 2.24) is 15.5 Å². The van der Waals surface area contributed by atoms with Crippen LogP contribution < -0.4 is 16.0 Å². The molecule has 45 heavy (non-hydrogen) atoms. The molecule has 1 aromatic carbocycles. The number of hydrogen-bond acceptors (Lipinski definition) is 5. The standard InChI is InChI=1S/C33H38F3N5O4/c1-31(2)22-15-41(25(24(22)31)28(43)38-19(14-37)10-21-20-5-3-4-6-23(20)39-27(21)42)29(44)26(40-30(45)33(34,35)36)32-11-16-7-17(12-32)9-18(8-16)13-32/h3-6,16-19,21-22,24-26H,7-13,15H2,1-2H3,(H,38,43)(H,39,42)(H,40,45). The van der Waals surface area contributed by atoms with Gasteiger partial charge in [-0.15, -0.1) is 0 Å². The molecule has 4 bridgehead atoms. The Labute approximate surface area is 259 Å². The van der Waals surface area contributed by atoms with E-state index in [2.05, 4.69) is 22.0 Å². The van der Waals surface area contributed by atoms with Crippen molar-refractivity contribution in [2.45, 2.75) is 89.0 Å². The van der Waals surface area contributed by atoms with E-state index in [0.29, 0.717) is 42.7 Å². The van der Waals surface area contributed by atoms with Crippen molar-refractivity contribution in [2.75, 3.05) is 11.9 Å². The normalized spacial score (nSPS) is 36.3. The van der Waals surface area contributed by atoms with Crippen molar-refractivity contribution < 1.29 is 32.3 Å². The minimum Gasteiger partial charge on any atom is -0.339 e. The smallest absolute Gasteiger partial charge is 0.339 e. The quantitative estimate of drug-likeness (QED) is 0.424. The Bertz CT molecular complexity index is 1470. The number of rotatable bonds is 7. The molecule has 12 heteroatoms. The van der Waals surface area contributed by atoms with Crippen molar-refractivity contribution in [3.05, 3.63) is 29.8 Å². The topological polar surface area (TPSA) is 131 Å². The molecule has 0 radical (unpaired) electrons. The molecule has 1 saturated heterocycles. The molecule has 0 spiro atoms. The number of nitrogens with zero attached hydrogens (tertiary/aromatic N) is 2. The molecule has 9 nitrogen and oxygen atoms in total. The first-order valence-electron chi connectivity index (χ1n) is 16.0. The zero-order valence-corrected chi connectivity index (χ0v) is 25.3. The summed E-state index contributed by atoms with van der Waals surface area (Å²) >= 11 is 0. The van der Waals surface area contributed by atoms with E-state index in [4.69, 9.17) is 0 Å². The van der Waals surface area contributed by atoms with Gasteiger partial charge < -0.3 is 20.9 Å². The molecule has 0 aromatic heterocycles. The lowest BCUT2D eigenvalue weighted by molar-refractivity contribution is -0.179. The molecule has 6 atom stereocenters. The van der Waals surface area contributed by atoms with Gasteiger partial charge in [-0.25, -0.2) is 0 Å². The van der Waals surface area contributed by atoms with Crippen LogP contribution in [0.2, 0.25) is 0 Å². The first kappa shape index (κ1) is 30.1. The van der Waals surface area contributed by atoms with Gasteiger partial charge in [-0.2, -0.15) is 18.4 Å². The van der Waals surface area contributed by atoms with Gasteiger partial charge in [0.25, 0.3) is 0 Å². The van der Waals surface area contributed by atoms with Gasteiger partial charge in [-0.1, -0.05) is 32.0 Å². The predicted octanol–water partition coefficient (Wildman–Crippen LogP) is 3.87. The van der Waals surface area contributed by atoms with Crippen LogP contribution in [0, 0.1) is 51.8 Å². The minimum atomic E-state index is -5.15. The number of piperidine rings is 1. The Balaban J connectivity index is 1.15. The molecule has 2 heterocycles. The fourth-order valence-electron chi connectivity index (χ4n) is 10.3. The number of nitriles is 1. The first-order valence-corrected chi connectivity index (χ1v) is 16.0. The van der Waals surface area contributed by atoms with E-state index in [0.717, 1.165) is 24.8 Å². The monoisotopic (exact) mass is 625 g/mol. The summed E-state index contributed by atoms with van der Waals surface area (Å²) in [4.78, 5) is 54.9. The highest BCUT2D eigenvalue weighted by Gasteiger charge is 2.70. The van der Waals surface area contributed by atoms with Crippen LogP contribution in [0.25, 0.3) is 0 Å². The minimum absolute atomic E-state index is 0.0286. The van der Waals surface area contributed by atoms with Gasteiger partial charge >= 0.3 is 12.1 Å². The maximum atomic E-state index is 14.5. The van der Waals surface area contributed by atoms with Crippen LogP contribution in [0.15, 0.2) is 24.3 Å². The summed E-state index contributed by atoms with van der Waals surface area (Å²) in [5.41, 5.74) is 0.324. The second-order valence-corrected chi connectivity index (χ2v) is 15.1. The molecule has 5 saturated carbocycles. The number of hydrogen-bond donors (Lipinski definition) is 3. The van der Waals surface area contributed by atoms with Crippen molar-refractivity contribution in [1.29, 1.82) is 5.26 Å². The van der Waals surface area contributed by atoms with E-state index in [1.54, 1.807) is 24.3 Å². The lowest BCUT2D eigenvalue weighted by Gasteiger charge is -2.59. The number of carbonyl (C=O) groups excluding carboxylic acids is 4. The number of anilines is 1.